The van der Waals surface area contributed by atoms with Crippen molar-refractivity contribution in [3.63, 3.8) is 0 Å². The van der Waals surface area contributed by atoms with Crippen LogP contribution < -0.4 is 4.74 Å². The lowest BCUT2D eigenvalue weighted by molar-refractivity contribution is 0.0977. The molecule has 0 fully saturated rings. The Hall–Kier alpha value is -3.04. The number of nitrogens with one attached hydrogen (secondary N) is 1. The summed E-state index contributed by atoms with van der Waals surface area (Å²) in [4.78, 5) is 16.5. The molecule has 0 aliphatic carbocycles. The second kappa shape index (κ2) is 7.91. The van der Waals surface area contributed by atoms with Gasteiger partial charge in [-0.3, -0.25) is 4.79 Å². The van der Waals surface area contributed by atoms with Gasteiger partial charge in [0.2, 0.25) is 0 Å². The third-order valence-electron chi connectivity index (χ3n) is 5.07. The largest absolute Gasteiger partial charge is 0.496 e. The number of aromatic amines is 1. The number of aromatic nitrogens is 1. The highest BCUT2D eigenvalue weighted by molar-refractivity contribution is 6.34. The van der Waals surface area contributed by atoms with Gasteiger partial charge in [0.1, 0.15) is 5.75 Å². The molecule has 0 amide bonds. The number of H-pyrrole nitrogens is 1. The van der Waals surface area contributed by atoms with Gasteiger partial charge < -0.3 is 9.72 Å². The van der Waals surface area contributed by atoms with Crippen LogP contribution in [0.3, 0.4) is 0 Å². The fraction of sp³-hybridized carbons (Fsp3) is 0.125. The van der Waals surface area contributed by atoms with Crippen LogP contribution in [0.4, 0.5) is 0 Å². The van der Waals surface area contributed by atoms with Crippen LogP contribution in [0, 0.1) is 0 Å². The number of methoxy groups -OCH3 is 1. The highest BCUT2D eigenvalue weighted by Gasteiger charge is 2.25. The van der Waals surface area contributed by atoms with Crippen LogP contribution in [-0.4, -0.2) is 17.9 Å². The standard InChI is InChI=1S/C24H20ClNO2/c1-28-24-13-7-4-9-17(24)19(14-23(27)18-10-2-5-11-21(18)25)20-15-26-22-12-6-3-8-16(20)22/h2-13,15,19,26H,14H2,1H3. The Morgan fingerprint density at radius 3 is 2.50 bits per heavy atom. The lowest BCUT2D eigenvalue weighted by atomic mass is 9.85. The molecule has 28 heavy (non-hydrogen) atoms. The Morgan fingerprint density at radius 1 is 0.964 bits per heavy atom. The third-order valence-corrected chi connectivity index (χ3v) is 5.40. The molecule has 1 atom stereocenters. The minimum absolute atomic E-state index is 0.00628. The summed E-state index contributed by atoms with van der Waals surface area (Å²) in [6.07, 6.45) is 2.29. The summed E-state index contributed by atoms with van der Waals surface area (Å²) < 4.78 is 5.60. The first-order valence-electron chi connectivity index (χ1n) is 9.15. The second-order valence-corrected chi connectivity index (χ2v) is 7.10. The smallest absolute Gasteiger partial charge is 0.165 e. The summed E-state index contributed by atoms with van der Waals surface area (Å²) in [6.45, 7) is 0. The van der Waals surface area contributed by atoms with Crippen LogP contribution in [0.15, 0.2) is 79.0 Å². The summed E-state index contributed by atoms with van der Waals surface area (Å²) in [7, 11) is 1.65. The molecule has 0 saturated carbocycles. The second-order valence-electron chi connectivity index (χ2n) is 6.69. The van der Waals surface area contributed by atoms with Crippen molar-refractivity contribution in [1.82, 2.24) is 4.98 Å². The van der Waals surface area contributed by atoms with Gasteiger partial charge in [0, 0.05) is 40.6 Å². The van der Waals surface area contributed by atoms with Crippen molar-refractivity contribution in [3.05, 3.63) is 101 Å². The Morgan fingerprint density at radius 2 is 1.68 bits per heavy atom. The lowest BCUT2D eigenvalue weighted by Gasteiger charge is -2.19. The number of rotatable bonds is 6. The molecule has 4 rings (SSSR count). The molecule has 140 valence electrons. The van der Waals surface area contributed by atoms with Gasteiger partial charge in [-0.15, -0.1) is 0 Å². The third kappa shape index (κ3) is 3.41. The SMILES string of the molecule is COc1ccccc1C(CC(=O)c1ccccc1Cl)c1c[nH]c2ccccc12. The van der Waals surface area contributed by atoms with Gasteiger partial charge in [0.15, 0.2) is 5.78 Å². The van der Waals surface area contributed by atoms with E-state index in [1.54, 1.807) is 19.2 Å². The van der Waals surface area contributed by atoms with E-state index in [0.29, 0.717) is 17.0 Å². The van der Waals surface area contributed by atoms with E-state index >= 15 is 0 Å². The van der Waals surface area contributed by atoms with Crippen molar-refractivity contribution in [2.75, 3.05) is 7.11 Å². The Balaban J connectivity index is 1.82. The minimum atomic E-state index is -0.156. The summed E-state index contributed by atoms with van der Waals surface area (Å²) >= 11 is 6.28. The van der Waals surface area contributed by atoms with Gasteiger partial charge in [-0.25, -0.2) is 0 Å². The number of hydrogen-bond donors (Lipinski definition) is 1. The van der Waals surface area contributed by atoms with Crippen molar-refractivity contribution >= 4 is 28.3 Å². The predicted molar refractivity (Wildman–Crippen MR) is 114 cm³/mol. The number of ketones is 1. The highest BCUT2D eigenvalue weighted by Crippen LogP contribution is 2.38. The number of fused-ring (bicyclic) bond motifs is 1. The molecule has 0 saturated heterocycles. The summed E-state index contributed by atoms with van der Waals surface area (Å²) in [5, 5.41) is 1.58. The van der Waals surface area contributed by atoms with Crippen LogP contribution in [0.25, 0.3) is 10.9 Å². The zero-order chi connectivity index (χ0) is 19.5. The molecule has 0 aliphatic heterocycles. The van der Waals surface area contributed by atoms with E-state index in [1.807, 2.05) is 60.8 Å². The number of hydrogen-bond acceptors (Lipinski definition) is 2. The molecule has 1 unspecified atom stereocenters. The zero-order valence-electron chi connectivity index (χ0n) is 15.5. The Bertz CT molecular complexity index is 1130. The molecular weight excluding hydrogens is 370 g/mol. The number of para-hydroxylation sites is 2. The van der Waals surface area contributed by atoms with Gasteiger partial charge in [-0.1, -0.05) is 60.1 Å². The van der Waals surface area contributed by atoms with E-state index in [-0.39, 0.29) is 11.7 Å². The fourth-order valence-electron chi connectivity index (χ4n) is 3.71. The van der Waals surface area contributed by atoms with E-state index in [2.05, 4.69) is 11.1 Å². The first kappa shape index (κ1) is 18.3. The van der Waals surface area contributed by atoms with Crippen molar-refractivity contribution < 1.29 is 9.53 Å². The van der Waals surface area contributed by atoms with E-state index in [4.69, 9.17) is 16.3 Å². The monoisotopic (exact) mass is 389 g/mol. The van der Waals surface area contributed by atoms with Gasteiger partial charge in [-0.2, -0.15) is 0 Å². The number of benzene rings is 3. The van der Waals surface area contributed by atoms with Crippen LogP contribution in [-0.2, 0) is 0 Å². The number of ether oxygens (including phenoxy) is 1. The predicted octanol–water partition coefficient (Wildman–Crippen LogP) is 6.23. The quantitative estimate of drug-likeness (QED) is 0.397. The summed E-state index contributed by atoms with van der Waals surface area (Å²) in [5.74, 6) is 0.618. The molecule has 4 heteroatoms. The van der Waals surface area contributed by atoms with E-state index in [1.165, 1.54) is 0 Å². The first-order chi connectivity index (χ1) is 13.7. The van der Waals surface area contributed by atoms with Gasteiger partial charge in [-0.05, 0) is 29.8 Å². The average Bonchev–Trinajstić information content (AvgIpc) is 3.16. The van der Waals surface area contributed by atoms with E-state index in [0.717, 1.165) is 27.8 Å². The number of halogens is 1. The Labute approximate surface area is 168 Å². The minimum Gasteiger partial charge on any atom is -0.496 e. The van der Waals surface area contributed by atoms with Crippen LogP contribution in [0.1, 0.15) is 33.8 Å². The van der Waals surface area contributed by atoms with Gasteiger partial charge >= 0.3 is 0 Å². The van der Waals surface area contributed by atoms with Gasteiger partial charge in [0.05, 0.1) is 12.1 Å². The maximum Gasteiger partial charge on any atom is 0.165 e. The molecule has 0 bridgehead atoms. The topological polar surface area (TPSA) is 42.1 Å². The molecule has 0 spiro atoms. The summed E-state index contributed by atoms with van der Waals surface area (Å²) in [6, 6.07) is 23.2. The lowest BCUT2D eigenvalue weighted by Crippen LogP contribution is -2.10. The maximum atomic E-state index is 13.1. The van der Waals surface area contributed by atoms with Crippen molar-refractivity contribution in [2.45, 2.75) is 12.3 Å². The van der Waals surface area contributed by atoms with Crippen LogP contribution in [0.2, 0.25) is 5.02 Å². The molecule has 4 aromatic rings. The molecule has 1 aromatic heterocycles. The van der Waals surface area contributed by atoms with Crippen molar-refractivity contribution in [2.24, 2.45) is 0 Å². The van der Waals surface area contributed by atoms with E-state index < -0.39 is 0 Å². The normalized spacial score (nSPS) is 12.1. The van der Waals surface area contributed by atoms with E-state index in [9.17, 15) is 4.79 Å². The number of Topliss-reactive ketones (excluding diaryl/α,β-unsaturated/α-hetero) is 1. The van der Waals surface area contributed by atoms with Crippen molar-refractivity contribution in [1.29, 1.82) is 0 Å². The molecule has 3 nitrogen and oxygen atoms in total. The summed E-state index contributed by atoms with van der Waals surface area (Å²) in [5.41, 5.74) is 3.64. The van der Waals surface area contributed by atoms with Crippen molar-refractivity contribution in [3.8, 4) is 5.75 Å². The fourth-order valence-corrected chi connectivity index (χ4v) is 3.95. The number of carbonyl (C=O) groups is 1. The molecule has 0 radical (unpaired) electrons. The zero-order valence-corrected chi connectivity index (χ0v) is 16.2. The highest BCUT2D eigenvalue weighted by atomic mass is 35.5. The van der Waals surface area contributed by atoms with Crippen LogP contribution in [0.5, 0.6) is 5.75 Å². The molecule has 0 aliphatic rings. The first-order valence-corrected chi connectivity index (χ1v) is 9.53. The molecule has 1 heterocycles. The maximum absolute atomic E-state index is 13.1. The average molecular weight is 390 g/mol. The van der Waals surface area contributed by atoms with Crippen LogP contribution >= 0.6 is 11.6 Å². The van der Waals surface area contributed by atoms with Gasteiger partial charge in [0.25, 0.3) is 0 Å². The molecule has 3 aromatic carbocycles. The Kier molecular flexibility index (Phi) is 5.18. The molecular formula is C24H20ClNO2. The molecule has 1 N–H and O–H groups in total. The number of carbonyl (C=O) groups excluding carboxylic acids is 1.